The third-order valence-electron chi connectivity index (χ3n) is 3.28. The summed E-state index contributed by atoms with van der Waals surface area (Å²) in [4.78, 5) is 12.8. The fourth-order valence-corrected chi connectivity index (χ4v) is 2.19. The summed E-state index contributed by atoms with van der Waals surface area (Å²) < 4.78 is 4.69. The van der Waals surface area contributed by atoms with Crippen LogP contribution in [0.15, 0.2) is 35.9 Å². The molecule has 0 atom stereocenters. The van der Waals surface area contributed by atoms with E-state index in [1.807, 2.05) is 18.2 Å². The van der Waals surface area contributed by atoms with Gasteiger partial charge in [-0.05, 0) is 43.4 Å². The van der Waals surface area contributed by atoms with Gasteiger partial charge in [0.05, 0.1) is 12.8 Å². The van der Waals surface area contributed by atoms with Crippen molar-refractivity contribution in [2.24, 2.45) is 0 Å². The van der Waals surface area contributed by atoms with E-state index in [4.69, 9.17) is 11.2 Å². The highest BCUT2D eigenvalue weighted by Gasteiger charge is 2.16. The molecule has 1 aliphatic carbocycles. The molecule has 3 nitrogen and oxygen atoms in total. The van der Waals surface area contributed by atoms with Crippen molar-refractivity contribution >= 4 is 11.8 Å². The zero-order chi connectivity index (χ0) is 15.1. The first-order valence-corrected chi connectivity index (χ1v) is 6.90. The lowest BCUT2D eigenvalue weighted by molar-refractivity contribution is 0.182. The molecule has 21 heavy (non-hydrogen) atoms. The lowest BCUT2D eigenvalue weighted by Gasteiger charge is -2.15. The summed E-state index contributed by atoms with van der Waals surface area (Å²) >= 11 is 0. The minimum Gasteiger partial charge on any atom is -0.452 e. The summed E-state index contributed by atoms with van der Waals surface area (Å²) in [6.45, 7) is 0. The number of carbonyl (C=O) groups excluding carboxylic acids is 1. The molecule has 0 spiro atoms. The number of allylic oxidation sites excluding steroid dienone is 2. The van der Waals surface area contributed by atoms with Gasteiger partial charge < -0.3 is 4.74 Å². The normalized spacial score (nSPS) is 13.2. The summed E-state index contributed by atoms with van der Waals surface area (Å²) in [7, 11) is 1.30. The summed E-state index contributed by atoms with van der Waals surface area (Å²) in [5, 5.41) is 0. The molecule has 0 fully saturated rings. The van der Waals surface area contributed by atoms with Gasteiger partial charge in [0.15, 0.2) is 0 Å². The second-order valence-corrected chi connectivity index (χ2v) is 4.68. The first kappa shape index (κ1) is 14.8. The zero-order valence-corrected chi connectivity index (χ0v) is 12.1. The van der Waals surface area contributed by atoms with Gasteiger partial charge in [-0.25, -0.2) is 9.69 Å². The number of amides is 1. The van der Waals surface area contributed by atoms with Crippen molar-refractivity contribution < 1.29 is 9.53 Å². The number of methoxy groups -OCH3 is 1. The van der Waals surface area contributed by atoms with Gasteiger partial charge >= 0.3 is 6.09 Å². The van der Waals surface area contributed by atoms with Crippen LogP contribution in [0.25, 0.3) is 0 Å². The number of hydrogen-bond donors (Lipinski definition) is 0. The molecule has 1 amide bonds. The monoisotopic (exact) mass is 279 g/mol. The Kier molecular flexibility index (Phi) is 5.07. The second-order valence-electron chi connectivity index (χ2n) is 4.68. The number of rotatable bonds is 1. The summed E-state index contributed by atoms with van der Waals surface area (Å²) in [6, 6.07) is 9.61. The molecule has 0 bridgehead atoms. The third-order valence-corrected chi connectivity index (χ3v) is 3.28. The average molecular weight is 279 g/mol. The number of ether oxygens (including phenoxy) is 1. The number of para-hydroxylation sites is 1. The highest BCUT2D eigenvalue weighted by molar-refractivity contribution is 5.92. The van der Waals surface area contributed by atoms with Crippen molar-refractivity contribution in [2.75, 3.05) is 12.0 Å². The average Bonchev–Trinajstić information content (AvgIpc) is 2.55. The van der Waals surface area contributed by atoms with Crippen molar-refractivity contribution in [3.8, 4) is 24.3 Å². The van der Waals surface area contributed by atoms with Crippen LogP contribution in [0.4, 0.5) is 10.5 Å². The van der Waals surface area contributed by atoms with Crippen LogP contribution in [0.1, 0.15) is 31.2 Å². The maximum absolute atomic E-state index is 11.7. The van der Waals surface area contributed by atoms with Crippen LogP contribution in [-0.4, -0.2) is 13.2 Å². The highest BCUT2D eigenvalue weighted by atomic mass is 16.5. The van der Waals surface area contributed by atoms with Crippen molar-refractivity contribution in [1.29, 1.82) is 0 Å². The van der Waals surface area contributed by atoms with Crippen LogP contribution in [-0.2, 0) is 4.74 Å². The predicted molar refractivity (Wildman–Crippen MR) is 83.6 cm³/mol. The van der Waals surface area contributed by atoms with Crippen molar-refractivity contribution in [3.63, 3.8) is 0 Å². The number of hydrogen-bond acceptors (Lipinski definition) is 2. The van der Waals surface area contributed by atoms with Crippen LogP contribution in [0.3, 0.4) is 0 Å². The molecule has 0 unspecified atom stereocenters. The van der Waals surface area contributed by atoms with Gasteiger partial charge in [0.2, 0.25) is 0 Å². The number of nitrogens with zero attached hydrogens (tertiary/aromatic N) is 1. The summed E-state index contributed by atoms with van der Waals surface area (Å²) in [6.07, 6.45) is 11.5. The molecule has 2 rings (SSSR count). The van der Waals surface area contributed by atoms with Gasteiger partial charge in [-0.3, -0.25) is 0 Å². The highest BCUT2D eigenvalue weighted by Crippen LogP contribution is 2.21. The van der Waals surface area contributed by atoms with E-state index in [9.17, 15) is 4.79 Å². The van der Waals surface area contributed by atoms with Crippen LogP contribution in [0.2, 0.25) is 0 Å². The Hall–Kier alpha value is -2.65. The number of terminal acetylenes is 1. The lowest BCUT2D eigenvalue weighted by atomic mass is 10.00. The van der Waals surface area contributed by atoms with E-state index < -0.39 is 6.09 Å². The van der Waals surface area contributed by atoms with E-state index in [0.29, 0.717) is 11.3 Å². The molecular weight excluding hydrogens is 262 g/mol. The number of carbonyl (C=O) groups is 1. The van der Waals surface area contributed by atoms with Gasteiger partial charge in [0.1, 0.15) is 0 Å². The SMILES string of the molecule is C#CN(C(=O)OC)c1ccccc1C#CC1=CCCCC1. The molecular formula is C18H17NO2. The van der Waals surface area contributed by atoms with Crippen LogP contribution in [0.5, 0.6) is 0 Å². The Morgan fingerprint density at radius 2 is 2.10 bits per heavy atom. The molecule has 0 aromatic heterocycles. The van der Waals surface area contributed by atoms with E-state index in [1.54, 1.807) is 6.07 Å². The van der Waals surface area contributed by atoms with E-state index in [2.05, 4.69) is 24.0 Å². The predicted octanol–water partition coefficient (Wildman–Crippen LogP) is 3.70. The molecule has 106 valence electrons. The molecule has 0 heterocycles. The molecule has 1 aliphatic rings. The van der Waals surface area contributed by atoms with Crippen LogP contribution in [0, 0.1) is 24.3 Å². The van der Waals surface area contributed by atoms with Crippen molar-refractivity contribution in [3.05, 3.63) is 41.5 Å². The standard InChI is InChI=1S/C18H17NO2/c1-3-19(18(20)21-2)17-12-8-7-11-16(17)14-13-15-9-5-4-6-10-15/h1,7-9,11-12H,4-6,10H2,2H3. The molecule has 0 radical (unpaired) electrons. The first-order chi connectivity index (χ1) is 10.3. The van der Waals surface area contributed by atoms with E-state index >= 15 is 0 Å². The Balaban J connectivity index is 2.33. The third kappa shape index (κ3) is 3.68. The number of benzene rings is 1. The maximum atomic E-state index is 11.7. The minimum atomic E-state index is -0.594. The fraction of sp³-hybridized carbons (Fsp3) is 0.278. The van der Waals surface area contributed by atoms with Gasteiger partial charge in [-0.15, -0.1) is 0 Å². The van der Waals surface area contributed by atoms with E-state index in [1.165, 1.54) is 20.0 Å². The Morgan fingerprint density at radius 1 is 1.29 bits per heavy atom. The van der Waals surface area contributed by atoms with Crippen LogP contribution >= 0.6 is 0 Å². The Labute approximate surface area is 125 Å². The largest absolute Gasteiger partial charge is 0.452 e. The Bertz CT molecular complexity index is 656. The van der Waals surface area contributed by atoms with E-state index in [-0.39, 0.29) is 0 Å². The molecule has 0 aliphatic heterocycles. The quantitative estimate of drug-likeness (QED) is 0.579. The van der Waals surface area contributed by atoms with Gasteiger partial charge in [0.25, 0.3) is 0 Å². The molecule has 0 N–H and O–H groups in total. The molecule has 1 aromatic rings. The van der Waals surface area contributed by atoms with Crippen molar-refractivity contribution in [2.45, 2.75) is 25.7 Å². The number of anilines is 1. The van der Waals surface area contributed by atoms with Gasteiger partial charge in [0, 0.05) is 11.6 Å². The van der Waals surface area contributed by atoms with Gasteiger partial charge in [-0.2, -0.15) is 0 Å². The summed E-state index contributed by atoms with van der Waals surface area (Å²) in [5.41, 5.74) is 2.43. The van der Waals surface area contributed by atoms with E-state index in [0.717, 1.165) is 23.3 Å². The minimum absolute atomic E-state index is 0.566. The topological polar surface area (TPSA) is 29.5 Å². The molecule has 3 heteroatoms. The first-order valence-electron chi connectivity index (χ1n) is 6.90. The van der Waals surface area contributed by atoms with Crippen molar-refractivity contribution in [1.82, 2.24) is 0 Å². The molecule has 0 saturated carbocycles. The smallest absolute Gasteiger partial charge is 0.426 e. The molecule has 1 aromatic carbocycles. The van der Waals surface area contributed by atoms with Gasteiger partial charge in [-0.1, -0.05) is 36.5 Å². The zero-order valence-electron chi connectivity index (χ0n) is 12.1. The van der Waals surface area contributed by atoms with Crippen LogP contribution < -0.4 is 4.90 Å². The second kappa shape index (κ2) is 7.22. The summed E-state index contributed by atoms with van der Waals surface area (Å²) in [5.74, 6) is 6.29. The fourth-order valence-electron chi connectivity index (χ4n) is 2.19. The molecule has 0 saturated heterocycles. The Morgan fingerprint density at radius 3 is 2.76 bits per heavy atom. The lowest BCUT2D eigenvalue weighted by Crippen LogP contribution is -2.26. The maximum Gasteiger partial charge on any atom is 0.426 e.